The number of aliphatic hydroxyl groups excluding tert-OH is 3. The van der Waals surface area contributed by atoms with E-state index in [1.165, 1.54) is 64.0 Å². The predicted molar refractivity (Wildman–Crippen MR) is 161 cm³/mol. The largest absolute Gasteiger partial charge is 0.387 e. The predicted octanol–water partition coefficient (Wildman–Crippen LogP) is 6.46. The summed E-state index contributed by atoms with van der Waals surface area (Å²) in [5.74, 6) is 5.72. The average Bonchev–Trinajstić information content (AvgIpc) is 3.30. The minimum absolute atomic E-state index is 0.0752. The zero-order valence-electron chi connectivity index (χ0n) is 26.9. The van der Waals surface area contributed by atoms with Crippen LogP contribution in [0.25, 0.3) is 0 Å². The van der Waals surface area contributed by atoms with Gasteiger partial charge in [0.2, 0.25) is 0 Å². The molecule has 0 radical (unpaired) electrons. The van der Waals surface area contributed by atoms with Gasteiger partial charge in [0.05, 0.1) is 6.10 Å². The fourth-order valence-corrected chi connectivity index (χ4v) is 10.7. The Kier molecular flexibility index (Phi) is 9.71. The van der Waals surface area contributed by atoms with Gasteiger partial charge in [-0.05, 0) is 110 Å². The second-order valence-corrected chi connectivity index (χ2v) is 15.5. The molecule has 1 heterocycles. The summed E-state index contributed by atoms with van der Waals surface area (Å²) in [6, 6.07) is 0. The van der Waals surface area contributed by atoms with Gasteiger partial charge in [-0.1, -0.05) is 66.0 Å². The molecule has 4 aliphatic carbocycles. The third kappa shape index (κ3) is 5.73. The molecular formula is C35H60O6. The van der Waals surface area contributed by atoms with Crippen molar-refractivity contribution in [2.45, 2.75) is 149 Å². The first-order valence-electron chi connectivity index (χ1n) is 17.0. The summed E-state index contributed by atoms with van der Waals surface area (Å²) in [4.78, 5) is 0. The Hall–Kier alpha value is -0.500. The zero-order valence-corrected chi connectivity index (χ0v) is 26.9. The summed E-state index contributed by atoms with van der Waals surface area (Å²) in [5.41, 5.74) is 2.23. The van der Waals surface area contributed by atoms with Gasteiger partial charge in [0.15, 0.2) is 12.6 Å². The maximum atomic E-state index is 10.5. The Labute approximate surface area is 249 Å². The Morgan fingerprint density at radius 2 is 1.66 bits per heavy atom. The van der Waals surface area contributed by atoms with E-state index in [-0.39, 0.29) is 11.5 Å². The number of rotatable bonds is 9. The molecule has 14 unspecified atom stereocenters. The molecule has 41 heavy (non-hydrogen) atoms. The standard InChI is InChI=1S/C35H60O6/c1-8-22(20(2)3)10-9-21(4)26-13-14-27-25-12-11-23-19-24(15-17-34(23,5)28(25)16-18-35(26,27)6)40-33-31(38)29(36)30(37)32(39-7)41-33/h11,20-22,24-33,36-38H,8-10,12-19H2,1-7H3. The summed E-state index contributed by atoms with van der Waals surface area (Å²) >= 11 is 0. The second kappa shape index (κ2) is 12.5. The lowest BCUT2D eigenvalue weighted by Gasteiger charge is -2.58. The number of methoxy groups -OCH3 is 1. The monoisotopic (exact) mass is 576 g/mol. The SMILES string of the molecule is CCC(CCC(C)C1CCC2C3CC=C4CC(OC5OC(OC)C(O)C(O)C5O)CCC4(C)C3CCC12C)C(C)C. The van der Waals surface area contributed by atoms with Crippen LogP contribution in [-0.2, 0) is 14.2 Å². The van der Waals surface area contributed by atoms with Crippen LogP contribution in [0.15, 0.2) is 11.6 Å². The first-order valence-corrected chi connectivity index (χ1v) is 17.0. The highest BCUT2D eigenvalue weighted by Crippen LogP contribution is 2.67. The maximum Gasteiger partial charge on any atom is 0.189 e. The first-order chi connectivity index (χ1) is 19.4. The third-order valence-corrected chi connectivity index (χ3v) is 13.4. The number of hydrogen-bond donors (Lipinski definition) is 3. The number of hydrogen-bond acceptors (Lipinski definition) is 6. The van der Waals surface area contributed by atoms with Crippen LogP contribution in [0, 0.1) is 52.3 Å². The average molecular weight is 577 g/mol. The molecule has 6 nitrogen and oxygen atoms in total. The number of allylic oxidation sites excluding steroid dienone is 1. The van der Waals surface area contributed by atoms with Gasteiger partial charge in [-0.3, -0.25) is 0 Å². The fourth-order valence-electron chi connectivity index (χ4n) is 10.7. The Morgan fingerprint density at radius 3 is 2.34 bits per heavy atom. The van der Waals surface area contributed by atoms with Gasteiger partial charge in [-0.25, -0.2) is 0 Å². The van der Waals surface area contributed by atoms with Crippen LogP contribution in [0.2, 0.25) is 0 Å². The minimum atomic E-state index is -1.36. The van der Waals surface area contributed by atoms with Crippen LogP contribution in [0.5, 0.6) is 0 Å². The van der Waals surface area contributed by atoms with Crippen molar-refractivity contribution >= 4 is 0 Å². The summed E-state index contributed by atoms with van der Waals surface area (Å²) in [6.07, 6.45) is 10.2. The minimum Gasteiger partial charge on any atom is -0.387 e. The van der Waals surface area contributed by atoms with E-state index in [1.807, 2.05) is 0 Å². The van der Waals surface area contributed by atoms with Crippen molar-refractivity contribution in [1.29, 1.82) is 0 Å². The van der Waals surface area contributed by atoms with Gasteiger partial charge in [0, 0.05) is 7.11 Å². The summed E-state index contributed by atoms with van der Waals surface area (Å²) < 4.78 is 17.1. The molecule has 6 heteroatoms. The molecule has 236 valence electrons. The summed E-state index contributed by atoms with van der Waals surface area (Å²) in [6.45, 7) is 14.9. The van der Waals surface area contributed by atoms with Gasteiger partial charge in [-0.2, -0.15) is 0 Å². The number of aliphatic hydroxyl groups is 3. The summed E-state index contributed by atoms with van der Waals surface area (Å²) in [5, 5.41) is 30.9. The maximum absolute atomic E-state index is 10.5. The van der Waals surface area contributed by atoms with E-state index in [9.17, 15) is 15.3 Å². The van der Waals surface area contributed by atoms with Crippen LogP contribution in [0.1, 0.15) is 112 Å². The van der Waals surface area contributed by atoms with Crippen molar-refractivity contribution < 1.29 is 29.5 Å². The molecule has 1 saturated heterocycles. The highest BCUT2D eigenvalue weighted by Gasteiger charge is 2.59. The van der Waals surface area contributed by atoms with E-state index in [0.717, 1.165) is 60.7 Å². The lowest BCUT2D eigenvalue weighted by Crippen LogP contribution is -2.59. The van der Waals surface area contributed by atoms with Crippen molar-refractivity contribution in [1.82, 2.24) is 0 Å². The molecule has 0 amide bonds. The van der Waals surface area contributed by atoms with Gasteiger partial charge in [0.1, 0.15) is 18.3 Å². The molecule has 0 bridgehead atoms. The molecule has 3 N–H and O–H groups in total. The van der Waals surface area contributed by atoms with E-state index in [2.05, 4.69) is 47.6 Å². The van der Waals surface area contributed by atoms with Crippen molar-refractivity contribution in [2.24, 2.45) is 52.3 Å². The van der Waals surface area contributed by atoms with Crippen molar-refractivity contribution in [3.8, 4) is 0 Å². The van der Waals surface area contributed by atoms with Crippen molar-refractivity contribution in [3.63, 3.8) is 0 Å². The third-order valence-electron chi connectivity index (χ3n) is 13.4. The van der Waals surface area contributed by atoms with Crippen LogP contribution in [0.3, 0.4) is 0 Å². The second-order valence-electron chi connectivity index (χ2n) is 15.5. The van der Waals surface area contributed by atoms with Crippen LogP contribution in [-0.4, -0.2) is 59.4 Å². The van der Waals surface area contributed by atoms with Crippen molar-refractivity contribution in [3.05, 3.63) is 11.6 Å². The van der Waals surface area contributed by atoms with Gasteiger partial charge in [-0.15, -0.1) is 0 Å². The Bertz CT molecular complexity index is 918. The van der Waals surface area contributed by atoms with Crippen LogP contribution < -0.4 is 0 Å². The number of fused-ring (bicyclic) bond motifs is 5. The van der Waals surface area contributed by atoms with Gasteiger partial charge in [0.25, 0.3) is 0 Å². The number of ether oxygens (including phenoxy) is 3. The molecule has 3 saturated carbocycles. The highest BCUT2D eigenvalue weighted by atomic mass is 16.8. The lowest BCUT2D eigenvalue weighted by atomic mass is 9.47. The summed E-state index contributed by atoms with van der Waals surface area (Å²) in [7, 11) is 1.42. The molecule has 5 aliphatic rings. The molecule has 0 aromatic rings. The van der Waals surface area contributed by atoms with E-state index >= 15 is 0 Å². The van der Waals surface area contributed by atoms with Crippen LogP contribution in [0.4, 0.5) is 0 Å². The molecule has 5 rings (SSSR count). The molecule has 1 aliphatic heterocycles. The van der Waals surface area contributed by atoms with E-state index in [0.29, 0.717) is 5.41 Å². The molecule has 0 spiro atoms. The van der Waals surface area contributed by atoms with E-state index in [1.54, 1.807) is 0 Å². The topological polar surface area (TPSA) is 88.4 Å². The molecule has 14 atom stereocenters. The van der Waals surface area contributed by atoms with Gasteiger partial charge >= 0.3 is 0 Å². The first kappa shape index (κ1) is 31.9. The normalized spacial score (nSPS) is 47.7. The molecule has 4 fully saturated rings. The van der Waals surface area contributed by atoms with Gasteiger partial charge < -0.3 is 29.5 Å². The van der Waals surface area contributed by atoms with E-state index in [4.69, 9.17) is 14.2 Å². The molecule has 0 aromatic carbocycles. The molecule has 0 aromatic heterocycles. The fraction of sp³-hybridized carbons (Fsp3) is 0.943. The Morgan fingerprint density at radius 1 is 0.927 bits per heavy atom. The highest BCUT2D eigenvalue weighted by molar-refractivity contribution is 5.25. The quantitative estimate of drug-likeness (QED) is 0.273. The zero-order chi connectivity index (χ0) is 29.7. The smallest absolute Gasteiger partial charge is 0.189 e. The van der Waals surface area contributed by atoms with Crippen molar-refractivity contribution in [2.75, 3.05) is 7.11 Å². The van der Waals surface area contributed by atoms with E-state index < -0.39 is 30.9 Å². The Balaban J connectivity index is 1.24. The lowest BCUT2D eigenvalue weighted by molar-refractivity contribution is -0.353. The van der Waals surface area contributed by atoms with Crippen LogP contribution >= 0.6 is 0 Å². The molecular weight excluding hydrogens is 516 g/mol.